The van der Waals surface area contributed by atoms with Gasteiger partial charge in [-0.05, 0) is 19.9 Å². The summed E-state index contributed by atoms with van der Waals surface area (Å²) in [5.41, 5.74) is -3.13. The zero-order valence-electron chi connectivity index (χ0n) is 20.8. The van der Waals surface area contributed by atoms with Gasteiger partial charge in [-0.3, -0.25) is 0 Å². The highest BCUT2D eigenvalue weighted by atomic mass is 19.2. The van der Waals surface area contributed by atoms with Gasteiger partial charge in [-0.15, -0.1) is 0 Å². The second-order valence-electron chi connectivity index (χ2n) is 10.0. The Kier molecular flexibility index (Phi) is 6.16. The van der Waals surface area contributed by atoms with Gasteiger partial charge in [0.15, 0.2) is 40.6 Å². The van der Waals surface area contributed by atoms with Gasteiger partial charge >= 0.3 is 0 Å². The Hall–Kier alpha value is -3.43. The molecule has 10 heteroatoms. The van der Waals surface area contributed by atoms with Crippen LogP contribution in [0.4, 0.5) is 46.5 Å². The quantitative estimate of drug-likeness (QED) is 0.134. The average Bonchev–Trinajstić information content (AvgIpc) is 3.15. The molecule has 0 fully saturated rings. The number of hydrogen-bond acceptors (Lipinski definition) is 1. The van der Waals surface area contributed by atoms with E-state index in [2.05, 4.69) is 0 Å². The van der Waals surface area contributed by atoms with Gasteiger partial charge in [0.1, 0.15) is 7.05 Å². The topological polar surface area (TPSA) is 6.25 Å². The standard InChI is InChI=1S/C27H23F8N2/c1-26(2)12(36(5)24-14(26)16(28)18(30)20(32)22(24)34)10-8-7-9-11-13-27(3,4)15-17(29)19(31)21(33)23(35)25(15)37(13)6/h7-11H,1-6H3/q+1. The van der Waals surface area contributed by atoms with Gasteiger partial charge < -0.3 is 4.90 Å². The largest absolute Gasteiger partial charge is 0.345 e. The molecular formula is C27H23F8N2+. The molecule has 0 bridgehead atoms. The predicted molar refractivity (Wildman–Crippen MR) is 124 cm³/mol. The third-order valence-electron chi connectivity index (χ3n) is 7.14. The lowest BCUT2D eigenvalue weighted by Gasteiger charge is -2.23. The maximum Gasteiger partial charge on any atom is 0.251 e. The number of allylic oxidation sites excluding steroid dienone is 6. The molecule has 4 rings (SSSR count). The zero-order chi connectivity index (χ0) is 27.8. The van der Waals surface area contributed by atoms with Gasteiger partial charge in [-0.1, -0.05) is 32.1 Å². The Labute approximate surface area is 208 Å². The molecule has 0 aromatic heterocycles. The van der Waals surface area contributed by atoms with E-state index in [0.29, 0.717) is 11.4 Å². The summed E-state index contributed by atoms with van der Waals surface area (Å²) in [6, 6.07) is 0. The minimum absolute atomic E-state index is 0.312. The summed E-state index contributed by atoms with van der Waals surface area (Å²) >= 11 is 0. The normalized spacial score (nSPS) is 19.2. The Morgan fingerprint density at radius 2 is 1.14 bits per heavy atom. The summed E-state index contributed by atoms with van der Waals surface area (Å²) in [7, 11) is 2.79. The molecule has 37 heavy (non-hydrogen) atoms. The van der Waals surface area contributed by atoms with Gasteiger partial charge in [0, 0.05) is 29.8 Å². The summed E-state index contributed by atoms with van der Waals surface area (Å²) < 4.78 is 115. The zero-order valence-corrected chi connectivity index (χ0v) is 20.8. The molecule has 0 atom stereocenters. The van der Waals surface area contributed by atoms with Gasteiger partial charge in [0.05, 0.1) is 16.7 Å². The van der Waals surface area contributed by atoms with Crippen LogP contribution in [-0.4, -0.2) is 24.4 Å². The van der Waals surface area contributed by atoms with E-state index in [4.69, 9.17) is 0 Å². The van der Waals surface area contributed by atoms with Crippen LogP contribution in [0.25, 0.3) is 0 Å². The first-order chi connectivity index (χ1) is 17.1. The van der Waals surface area contributed by atoms with Crippen LogP contribution in [-0.2, 0) is 10.8 Å². The molecule has 2 nitrogen and oxygen atoms in total. The Morgan fingerprint density at radius 1 is 0.622 bits per heavy atom. The fraction of sp³-hybridized carbons (Fsp3) is 0.296. The van der Waals surface area contributed by atoms with Crippen molar-refractivity contribution in [2.75, 3.05) is 19.0 Å². The van der Waals surface area contributed by atoms with Crippen molar-refractivity contribution in [1.82, 2.24) is 0 Å². The van der Waals surface area contributed by atoms with Crippen LogP contribution in [0, 0.1) is 46.5 Å². The van der Waals surface area contributed by atoms with E-state index < -0.39 is 68.7 Å². The molecule has 0 unspecified atom stereocenters. The predicted octanol–water partition coefficient (Wildman–Crippen LogP) is 7.23. The van der Waals surface area contributed by atoms with Crippen LogP contribution in [0.3, 0.4) is 0 Å². The minimum atomic E-state index is -1.90. The lowest BCUT2D eigenvalue weighted by Crippen LogP contribution is -2.27. The third kappa shape index (κ3) is 3.55. The number of hydrogen-bond donors (Lipinski definition) is 0. The number of nitrogens with zero attached hydrogens (tertiary/aromatic N) is 2. The molecule has 0 N–H and O–H groups in total. The Morgan fingerprint density at radius 3 is 1.73 bits per heavy atom. The van der Waals surface area contributed by atoms with Gasteiger partial charge in [-0.25, -0.2) is 30.7 Å². The van der Waals surface area contributed by atoms with Crippen molar-refractivity contribution < 1.29 is 39.7 Å². The van der Waals surface area contributed by atoms with E-state index in [9.17, 15) is 35.1 Å². The molecule has 0 saturated carbocycles. The molecule has 0 spiro atoms. The first-order valence-electron chi connectivity index (χ1n) is 11.2. The highest BCUT2D eigenvalue weighted by Crippen LogP contribution is 2.50. The monoisotopic (exact) mass is 527 g/mol. The van der Waals surface area contributed by atoms with Crippen LogP contribution in [0.2, 0.25) is 0 Å². The number of anilines is 1. The van der Waals surface area contributed by atoms with E-state index in [1.165, 1.54) is 81.6 Å². The number of benzene rings is 2. The number of fused-ring (bicyclic) bond motifs is 2. The van der Waals surface area contributed by atoms with Crippen molar-refractivity contribution in [3.63, 3.8) is 0 Å². The molecule has 0 saturated heterocycles. The van der Waals surface area contributed by atoms with Crippen molar-refractivity contribution in [1.29, 1.82) is 0 Å². The number of halogens is 8. The van der Waals surface area contributed by atoms with Crippen molar-refractivity contribution in [3.8, 4) is 0 Å². The smallest absolute Gasteiger partial charge is 0.251 e. The fourth-order valence-electron chi connectivity index (χ4n) is 5.34. The van der Waals surface area contributed by atoms with Gasteiger partial charge in [0.2, 0.25) is 11.6 Å². The van der Waals surface area contributed by atoms with Crippen molar-refractivity contribution in [2.24, 2.45) is 0 Å². The fourth-order valence-corrected chi connectivity index (χ4v) is 5.34. The molecular weight excluding hydrogens is 504 g/mol. The van der Waals surface area contributed by atoms with Gasteiger partial charge in [0.25, 0.3) is 5.69 Å². The molecule has 0 radical (unpaired) electrons. The van der Waals surface area contributed by atoms with E-state index >= 15 is 0 Å². The molecule has 2 aromatic carbocycles. The maximum atomic E-state index is 14.6. The summed E-state index contributed by atoms with van der Waals surface area (Å²) in [6.07, 6.45) is 7.54. The Balaban J connectivity index is 1.68. The molecule has 0 amide bonds. The number of likely N-dealkylation sites (N-methyl/N-ethyl adjacent to an activating group) is 1. The molecule has 2 aliphatic heterocycles. The van der Waals surface area contributed by atoms with Crippen molar-refractivity contribution in [3.05, 3.63) is 93.7 Å². The van der Waals surface area contributed by atoms with E-state index in [0.717, 1.165) is 0 Å². The number of rotatable bonds is 3. The highest BCUT2D eigenvalue weighted by molar-refractivity contribution is 6.03. The van der Waals surface area contributed by atoms with Crippen LogP contribution in [0.15, 0.2) is 36.1 Å². The first-order valence-corrected chi connectivity index (χ1v) is 11.2. The minimum Gasteiger partial charge on any atom is -0.345 e. The lowest BCUT2D eigenvalue weighted by atomic mass is 9.81. The lowest BCUT2D eigenvalue weighted by molar-refractivity contribution is -0.404. The summed E-state index contributed by atoms with van der Waals surface area (Å²) in [5.74, 6) is -13.5. The second-order valence-corrected chi connectivity index (χ2v) is 10.0. The molecule has 2 aliphatic rings. The third-order valence-corrected chi connectivity index (χ3v) is 7.14. The maximum absolute atomic E-state index is 14.6. The SMILES string of the molecule is CN1/C(=C/C=C/C=C/C2=[N+](C)c3c(F)c(F)c(F)c(F)c3C2(C)C)C(C)(C)c2c(F)c(F)c(F)c(F)c21. The second kappa shape index (κ2) is 8.56. The van der Waals surface area contributed by atoms with Crippen LogP contribution >= 0.6 is 0 Å². The summed E-state index contributed by atoms with van der Waals surface area (Å²) in [5, 5.41) is 0. The van der Waals surface area contributed by atoms with Crippen LogP contribution < -0.4 is 4.90 Å². The van der Waals surface area contributed by atoms with Crippen LogP contribution in [0.1, 0.15) is 38.8 Å². The molecule has 196 valence electrons. The van der Waals surface area contributed by atoms with E-state index in [1.54, 1.807) is 0 Å². The first kappa shape index (κ1) is 26.6. The van der Waals surface area contributed by atoms with Gasteiger partial charge in [-0.2, -0.15) is 8.97 Å². The summed E-state index contributed by atoms with van der Waals surface area (Å²) in [4.78, 5) is 1.23. The highest BCUT2D eigenvalue weighted by Gasteiger charge is 2.50. The average molecular weight is 527 g/mol. The van der Waals surface area contributed by atoms with Crippen molar-refractivity contribution >= 4 is 17.1 Å². The van der Waals surface area contributed by atoms with Crippen molar-refractivity contribution in [2.45, 2.75) is 38.5 Å². The summed E-state index contributed by atoms with van der Waals surface area (Å²) in [6.45, 7) is 6.15. The van der Waals surface area contributed by atoms with Crippen LogP contribution in [0.5, 0.6) is 0 Å². The Bertz CT molecular complexity index is 1480. The molecule has 2 aromatic rings. The van der Waals surface area contributed by atoms with E-state index in [-0.39, 0.29) is 11.1 Å². The van der Waals surface area contributed by atoms with E-state index in [1.807, 2.05) is 0 Å². The molecule has 2 heterocycles. The molecule has 0 aliphatic carbocycles.